The molecule has 0 radical (unpaired) electrons. The maximum atomic E-state index is 8.68. The van der Waals surface area contributed by atoms with Crippen molar-refractivity contribution in [2.75, 3.05) is 6.54 Å². The van der Waals surface area contributed by atoms with Gasteiger partial charge in [0.1, 0.15) is 5.84 Å². The minimum Gasteiger partial charge on any atom is -0.409 e. The summed E-state index contributed by atoms with van der Waals surface area (Å²) < 4.78 is 0. The summed E-state index contributed by atoms with van der Waals surface area (Å²) in [6.07, 6.45) is 1.83. The summed E-state index contributed by atoms with van der Waals surface area (Å²) in [5.74, 6) is 0.280. The highest BCUT2D eigenvalue weighted by molar-refractivity contribution is 6.30. The van der Waals surface area contributed by atoms with Crippen LogP contribution in [0.5, 0.6) is 0 Å². The molecule has 1 rings (SSSR count). The van der Waals surface area contributed by atoms with Crippen molar-refractivity contribution in [3.63, 3.8) is 0 Å². The predicted octanol–water partition coefficient (Wildman–Crippen LogP) is 2.98. The maximum absolute atomic E-state index is 8.68. The monoisotopic (exact) mass is 283 g/mol. The third-order valence-corrected chi connectivity index (χ3v) is 3.41. The highest BCUT2D eigenvalue weighted by Gasteiger charge is 2.22. The minimum atomic E-state index is -0.271. The quantitative estimate of drug-likeness (QED) is 0.237. The fourth-order valence-corrected chi connectivity index (χ4v) is 2.01. The van der Waals surface area contributed by atoms with E-state index in [-0.39, 0.29) is 11.3 Å². The Bertz CT molecular complexity index is 432. The topological polar surface area (TPSA) is 70.6 Å². The van der Waals surface area contributed by atoms with E-state index in [0.717, 1.165) is 31.0 Å². The summed E-state index contributed by atoms with van der Waals surface area (Å²) in [6.45, 7) is 5.62. The Balaban J connectivity index is 2.25. The Labute approximate surface area is 119 Å². The number of halogens is 1. The molecule has 5 heteroatoms. The van der Waals surface area contributed by atoms with Crippen molar-refractivity contribution in [2.24, 2.45) is 16.3 Å². The SMILES string of the molecule is CC(C)(CCCNCc1cccc(Cl)c1)C(N)=NO. The van der Waals surface area contributed by atoms with E-state index in [0.29, 0.717) is 0 Å². The van der Waals surface area contributed by atoms with E-state index in [1.165, 1.54) is 5.56 Å². The van der Waals surface area contributed by atoms with Gasteiger partial charge in [0.05, 0.1) is 0 Å². The zero-order valence-electron chi connectivity index (χ0n) is 11.5. The Hall–Kier alpha value is -1.26. The highest BCUT2D eigenvalue weighted by atomic mass is 35.5. The number of rotatable bonds is 7. The average molecular weight is 284 g/mol. The van der Waals surface area contributed by atoms with Crippen LogP contribution in [0.25, 0.3) is 0 Å². The number of amidine groups is 1. The smallest absolute Gasteiger partial charge is 0.144 e. The van der Waals surface area contributed by atoms with Gasteiger partial charge >= 0.3 is 0 Å². The summed E-state index contributed by atoms with van der Waals surface area (Å²) in [6, 6.07) is 7.81. The van der Waals surface area contributed by atoms with Gasteiger partial charge in [-0.05, 0) is 37.1 Å². The lowest BCUT2D eigenvalue weighted by Crippen LogP contribution is -2.32. The molecule has 0 spiro atoms. The summed E-state index contributed by atoms with van der Waals surface area (Å²) in [7, 11) is 0. The molecule has 4 N–H and O–H groups in total. The maximum Gasteiger partial charge on any atom is 0.144 e. The van der Waals surface area contributed by atoms with Crippen molar-refractivity contribution >= 4 is 17.4 Å². The third kappa shape index (κ3) is 5.49. The van der Waals surface area contributed by atoms with E-state index < -0.39 is 0 Å². The van der Waals surface area contributed by atoms with Gasteiger partial charge in [-0.1, -0.05) is 42.7 Å². The van der Waals surface area contributed by atoms with Crippen molar-refractivity contribution in [3.8, 4) is 0 Å². The Kier molecular flexibility index (Phi) is 6.12. The fourth-order valence-electron chi connectivity index (χ4n) is 1.80. The van der Waals surface area contributed by atoms with E-state index >= 15 is 0 Å². The summed E-state index contributed by atoms with van der Waals surface area (Å²) in [5.41, 5.74) is 6.54. The number of nitrogens with two attached hydrogens (primary N) is 1. The molecule has 0 aliphatic carbocycles. The second kappa shape index (κ2) is 7.36. The summed E-state index contributed by atoms with van der Waals surface area (Å²) in [5, 5.41) is 15.9. The molecule has 0 atom stereocenters. The molecule has 0 unspecified atom stereocenters. The van der Waals surface area contributed by atoms with Crippen molar-refractivity contribution in [1.29, 1.82) is 0 Å². The molecule has 1 aromatic carbocycles. The second-order valence-electron chi connectivity index (χ2n) is 5.28. The molecule has 0 heterocycles. The fraction of sp³-hybridized carbons (Fsp3) is 0.500. The lowest BCUT2D eigenvalue weighted by molar-refractivity contribution is 0.304. The molecule has 0 aliphatic heterocycles. The zero-order valence-corrected chi connectivity index (χ0v) is 12.2. The molecule has 0 aliphatic rings. The molecular weight excluding hydrogens is 262 g/mol. The van der Waals surface area contributed by atoms with Crippen molar-refractivity contribution < 1.29 is 5.21 Å². The summed E-state index contributed by atoms with van der Waals surface area (Å²) in [4.78, 5) is 0. The van der Waals surface area contributed by atoms with Gasteiger partial charge in [0, 0.05) is 17.0 Å². The molecule has 4 nitrogen and oxygen atoms in total. The molecule has 0 fully saturated rings. The van der Waals surface area contributed by atoms with Gasteiger partial charge in [-0.2, -0.15) is 0 Å². The predicted molar refractivity (Wildman–Crippen MR) is 79.6 cm³/mol. The molecule has 0 aromatic heterocycles. The van der Waals surface area contributed by atoms with Crippen LogP contribution in [0, 0.1) is 5.41 Å². The van der Waals surface area contributed by atoms with Crippen LogP contribution in [-0.2, 0) is 6.54 Å². The number of benzene rings is 1. The first-order chi connectivity index (χ1) is 8.95. The van der Waals surface area contributed by atoms with Gasteiger partial charge in [0.15, 0.2) is 0 Å². The lowest BCUT2D eigenvalue weighted by Gasteiger charge is -2.22. The van der Waals surface area contributed by atoms with Crippen LogP contribution in [0.3, 0.4) is 0 Å². The molecule has 106 valence electrons. The Morgan fingerprint density at radius 3 is 2.84 bits per heavy atom. The van der Waals surface area contributed by atoms with Crippen molar-refractivity contribution in [3.05, 3.63) is 34.9 Å². The van der Waals surface area contributed by atoms with Crippen LogP contribution < -0.4 is 11.1 Å². The van der Waals surface area contributed by atoms with Gasteiger partial charge in [-0.15, -0.1) is 0 Å². The van der Waals surface area contributed by atoms with E-state index in [2.05, 4.69) is 10.5 Å². The number of oxime groups is 1. The van der Waals surface area contributed by atoms with Gasteiger partial charge < -0.3 is 16.3 Å². The molecule has 0 amide bonds. The van der Waals surface area contributed by atoms with Crippen LogP contribution in [0.4, 0.5) is 0 Å². The zero-order chi connectivity index (χ0) is 14.3. The van der Waals surface area contributed by atoms with Crippen molar-refractivity contribution in [1.82, 2.24) is 5.32 Å². The highest BCUT2D eigenvalue weighted by Crippen LogP contribution is 2.21. The van der Waals surface area contributed by atoms with Crippen LogP contribution in [0.2, 0.25) is 5.02 Å². The summed E-state index contributed by atoms with van der Waals surface area (Å²) >= 11 is 5.92. The van der Waals surface area contributed by atoms with E-state index in [9.17, 15) is 0 Å². The molecule has 0 saturated heterocycles. The first-order valence-electron chi connectivity index (χ1n) is 6.39. The van der Waals surface area contributed by atoms with E-state index in [4.69, 9.17) is 22.5 Å². The second-order valence-corrected chi connectivity index (χ2v) is 5.72. The number of hydrogen-bond donors (Lipinski definition) is 3. The van der Waals surface area contributed by atoms with Crippen molar-refractivity contribution in [2.45, 2.75) is 33.2 Å². The molecule has 0 bridgehead atoms. The Morgan fingerprint density at radius 2 is 2.21 bits per heavy atom. The Morgan fingerprint density at radius 1 is 1.47 bits per heavy atom. The molecule has 19 heavy (non-hydrogen) atoms. The van der Waals surface area contributed by atoms with Crippen LogP contribution in [0.1, 0.15) is 32.3 Å². The van der Waals surface area contributed by atoms with Gasteiger partial charge in [0.25, 0.3) is 0 Å². The lowest BCUT2D eigenvalue weighted by atomic mass is 9.86. The largest absolute Gasteiger partial charge is 0.409 e. The number of nitrogens with zero attached hydrogens (tertiary/aromatic N) is 1. The van der Waals surface area contributed by atoms with Crippen LogP contribution >= 0.6 is 11.6 Å². The number of nitrogens with one attached hydrogen (secondary N) is 1. The average Bonchev–Trinajstić information content (AvgIpc) is 2.37. The van der Waals surface area contributed by atoms with E-state index in [1.807, 2.05) is 38.1 Å². The van der Waals surface area contributed by atoms with Crippen LogP contribution in [-0.4, -0.2) is 17.6 Å². The number of hydrogen-bond acceptors (Lipinski definition) is 3. The molecular formula is C14H22ClN3O. The molecule has 0 saturated carbocycles. The van der Waals surface area contributed by atoms with Gasteiger partial charge in [0.2, 0.25) is 0 Å². The third-order valence-electron chi connectivity index (χ3n) is 3.17. The first kappa shape index (κ1) is 15.8. The normalized spacial score (nSPS) is 12.7. The first-order valence-corrected chi connectivity index (χ1v) is 6.76. The van der Waals surface area contributed by atoms with E-state index in [1.54, 1.807) is 0 Å². The molecule has 1 aromatic rings. The van der Waals surface area contributed by atoms with Gasteiger partial charge in [-0.3, -0.25) is 0 Å². The van der Waals surface area contributed by atoms with Crippen LogP contribution in [0.15, 0.2) is 29.4 Å². The van der Waals surface area contributed by atoms with Gasteiger partial charge in [-0.25, -0.2) is 0 Å². The standard InChI is InChI=1S/C14H22ClN3O/c1-14(2,13(16)18-19)7-4-8-17-10-11-5-3-6-12(15)9-11/h3,5-6,9,17,19H,4,7-8,10H2,1-2H3,(H2,16,18). The minimum absolute atomic E-state index is 0.271.